The smallest absolute Gasteiger partial charge is 0.316 e. The second-order valence-corrected chi connectivity index (χ2v) is 20.4. The Morgan fingerprint density at radius 1 is 0.939 bits per heavy atom. The lowest BCUT2D eigenvalue weighted by molar-refractivity contribution is -0.318. The SMILES string of the molecule is CCC(C)[C@H]1O[C@]2(C=C[C@@H]1C)C[C@@H]1C[C@@H](C/C=C(\C)[C@@H](OC3C[C@H](OC)[C@@H](OC4C[C@H](OC)[C@]5(CC=CCN5)[C@H](C)O4)[C@H](C)O3)C(C)/C=C/C=C3\CO[C@@H]4[C@H](O)C(C)=C[C@@H](C(=O)O1)[C@]34O)O2. The van der Waals surface area contributed by atoms with Gasteiger partial charge in [0.15, 0.2) is 18.4 Å². The first-order chi connectivity index (χ1) is 31.5. The Bertz CT molecular complexity index is 1910. The fourth-order valence-electron chi connectivity index (χ4n) is 11.9. The number of allylic oxidation sites excluding steroid dienone is 2. The number of methoxy groups -OCH3 is 2. The van der Waals surface area contributed by atoms with Gasteiger partial charge in [0.2, 0.25) is 0 Å². The van der Waals surface area contributed by atoms with E-state index in [9.17, 15) is 15.0 Å². The van der Waals surface area contributed by atoms with Gasteiger partial charge in [0, 0.05) is 58.3 Å². The van der Waals surface area contributed by atoms with Crippen LogP contribution in [0.1, 0.15) is 100 Å². The van der Waals surface area contributed by atoms with Crippen LogP contribution in [0.4, 0.5) is 0 Å². The van der Waals surface area contributed by atoms with E-state index in [1.807, 2.05) is 25.2 Å². The molecule has 14 nitrogen and oxygen atoms in total. The molecule has 3 N–H and O–H groups in total. The van der Waals surface area contributed by atoms with Crippen molar-refractivity contribution in [3.63, 3.8) is 0 Å². The minimum Gasteiger partial charge on any atom is -0.462 e. The summed E-state index contributed by atoms with van der Waals surface area (Å²) in [4.78, 5) is 14.4. The van der Waals surface area contributed by atoms with Crippen LogP contribution in [0, 0.1) is 23.7 Å². The molecule has 0 aromatic heterocycles. The Kier molecular flexibility index (Phi) is 15.4. The van der Waals surface area contributed by atoms with E-state index in [-0.39, 0.29) is 60.4 Å². The molecule has 7 aliphatic heterocycles. The quantitative estimate of drug-likeness (QED) is 0.184. The first-order valence-corrected chi connectivity index (χ1v) is 24.6. The molecule has 4 saturated heterocycles. The Balaban J connectivity index is 1.06. The summed E-state index contributed by atoms with van der Waals surface area (Å²) in [6, 6.07) is 0. The molecule has 1 aliphatic carbocycles. The van der Waals surface area contributed by atoms with E-state index in [4.69, 9.17) is 47.4 Å². The number of rotatable bonds is 8. The van der Waals surface area contributed by atoms with E-state index in [0.717, 1.165) is 25.0 Å². The van der Waals surface area contributed by atoms with Gasteiger partial charge < -0.3 is 62.9 Å². The Hall–Kier alpha value is -2.57. The van der Waals surface area contributed by atoms with Gasteiger partial charge in [-0.15, -0.1) is 0 Å². The maximum absolute atomic E-state index is 14.4. The van der Waals surface area contributed by atoms with Crippen molar-refractivity contribution in [2.75, 3.05) is 27.4 Å². The Morgan fingerprint density at radius 2 is 1.73 bits per heavy atom. The van der Waals surface area contributed by atoms with Gasteiger partial charge in [-0.05, 0) is 69.2 Å². The Labute approximate surface area is 392 Å². The fraction of sp³-hybridized carbons (Fsp3) is 0.750. The summed E-state index contributed by atoms with van der Waals surface area (Å²) in [6.45, 7) is 17.3. The summed E-state index contributed by atoms with van der Waals surface area (Å²) in [5.41, 5.74) is -0.147. The molecule has 20 atom stereocenters. The highest BCUT2D eigenvalue weighted by Crippen LogP contribution is 2.47. The molecule has 7 heterocycles. The van der Waals surface area contributed by atoms with Crippen LogP contribution in [-0.4, -0.2) is 140 Å². The maximum Gasteiger partial charge on any atom is 0.316 e. The largest absolute Gasteiger partial charge is 0.462 e. The van der Waals surface area contributed by atoms with Gasteiger partial charge in [-0.3, -0.25) is 4.79 Å². The highest BCUT2D eigenvalue weighted by atomic mass is 16.7. The summed E-state index contributed by atoms with van der Waals surface area (Å²) >= 11 is 0. The topological polar surface area (TPSA) is 162 Å². The summed E-state index contributed by atoms with van der Waals surface area (Å²) in [5, 5.41) is 27.5. The van der Waals surface area contributed by atoms with Crippen molar-refractivity contribution in [3.05, 3.63) is 71.4 Å². The summed E-state index contributed by atoms with van der Waals surface area (Å²) in [6.07, 6.45) is 15.7. The number of hydrogen-bond acceptors (Lipinski definition) is 14. The minimum absolute atomic E-state index is 0.0401. The molecule has 4 unspecified atom stereocenters. The van der Waals surface area contributed by atoms with Crippen LogP contribution >= 0.6 is 0 Å². The van der Waals surface area contributed by atoms with Crippen LogP contribution in [0.3, 0.4) is 0 Å². The second kappa shape index (κ2) is 20.4. The number of fused-ring (bicyclic) bond motifs is 2. The van der Waals surface area contributed by atoms with Crippen LogP contribution in [0.2, 0.25) is 0 Å². The van der Waals surface area contributed by atoms with Crippen molar-refractivity contribution in [2.45, 2.75) is 197 Å². The van der Waals surface area contributed by atoms with Crippen LogP contribution in [-0.2, 0) is 52.2 Å². The van der Waals surface area contributed by atoms with E-state index in [2.05, 4.69) is 71.2 Å². The molecule has 4 fully saturated rings. The van der Waals surface area contributed by atoms with Crippen LogP contribution < -0.4 is 5.32 Å². The molecular formula is C52H77NO13. The highest BCUT2D eigenvalue weighted by Gasteiger charge is 2.60. The molecule has 0 aromatic carbocycles. The number of carbonyl (C=O) groups is 1. The van der Waals surface area contributed by atoms with Crippen molar-refractivity contribution in [3.8, 4) is 0 Å². The number of carbonyl (C=O) groups excluding carboxylic acids is 1. The molecule has 66 heavy (non-hydrogen) atoms. The molecular weight excluding hydrogens is 847 g/mol. The average molecular weight is 924 g/mol. The second-order valence-electron chi connectivity index (χ2n) is 20.4. The van der Waals surface area contributed by atoms with Gasteiger partial charge in [0.1, 0.15) is 35.9 Å². The zero-order chi connectivity index (χ0) is 47.1. The number of hydrogen-bond donors (Lipinski definition) is 3. The van der Waals surface area contributed by atoms with Gasteiger partial charge in [-0.25, -0.2) is 0 Å². The number of aliphatic hydroxyl groups excluding tert-OH is 1. The zero-order valence-corrected chi connectivity index (χ0v) is 40.8. The summed E-state index contributed by atoms with van der Waals surface area (Å²) in [5.74, 6) is -2.52. The third-order valence-corrected chi connectivity index (χ3v) is 16.1. The number of nitrogens with one attached hydrogen (secondary N) is 1. The standard InChI is InChI=1S/C52H77NO13/c1-11-29(2)46-32(5)19-21-50(66-46)27-38-24-37(65-50)18-17-31(4)45(30(3)15-14-16-36-28-59-48-44(54)33(6)23-39(49(55)62-38)52(36,48)56)63-42-25-40(57-9)47(34(7)60-42)64-43-26-41(58-10)51(35(8)61-43)20-12-13-22-53-51/h12-17,19,21,23,29-30,32,34-35,37-48,53-54,56H,11,18,20,22,24-28H2,1-10H3/b15-14+,31-17+,36-16+/t29?,30?,32-,34-,35-,37+,38-,39-,40-,41-,42?,43?,44+,45-,46+,47-,48+,50+,51-,52+/m0/s1. The molecule has 368 valence electrons. The third kappa shape index (κ3) is 9.65. The first kappa shape index (κ1) is 49.8. The van der Waals surface area contributed by atoms with Crippen LogP contribution in [0.25, 0.3) is 0 Å². The predicted octanol–water partition coefficient (Wildman–Crippen LogP) is 6.30. The molecule has 8 rings (SSSR count). The van der Waals surface area contributed by atoms with Gasteiger partial charge in [0.05, 0.1) is 54.9 Å². The number of aliphatic hydroxyl groups is 2. The molecule has 0 radical (unpaired) electrons. The van der Waals surface area contributed by atoms with Gasteiger partial charge >= 0.3 is 5.97 Å². The lowest BCUT2D eigenvalue weighted by Gasteiger charge is -2.52. The minimum atomic E-state index is -1.83. The van der Waals surface area contributed by atoms with E-state index in [1.165, 1.54) is 0 Å². The van der Waals surface area contributed by atoms with E-state index in [0.29, 0.717) is 43.3 Å². The molecule has 2 bridgehead atoms. The van der Waals surface area contributed by atoms with Crippen molar-refractivity contribution >= 4 is 5.97 Å². The van der Waals surface area contributed by atoms with Crippen molar-refractivity contribution in [1.82, 2.24) is 5.32 Å². The first-order valence-electron chi connectivity index (χ1n) is 24.6. The van der Waals surface area contributed by atoms with Gasteiger partial charge in [-0.2, -0.15) is 0 Å². The number of esters is 1. The highest BCUT2D eigenvalue weighted by molar-refractivity contribution is 5.78. The summed E-state index contributed by atoms with van der Waals surface area (Å²) < 4.78 is 65.4. The molecule has 0 saturated carbocycles. The van der Waals surface area contributed by atoms with Gasteiger partial charge in [0.25, 0.3) is 0 Å². The van der Waals surface area contributed by atoms with Gasteiger partial charge in [-0.1, -0.05) is 82.7 Å². The van der Waals surface area contributed by atoms with E-state index < -0.39 is 72.5 Å². The molecule has 0 aromatic rings. The monoisotopic (exact) mass is 924 g/mol. The predicted molar refractivity (Wildman–Crippen MR) is 246 cm³/mol. The maximum atomic E-state index is 14.4. The molecule has 0 amide bonds. The lowest BCUT2D eigenvalue weighted by atomic mass is 9.71. The van der Waals surface area contributed by atoms with E-state index in [1.54, 1.807) is 33.3 Å². The van der Waals surface area contributed by atoms with Crippen LogP contribution in [0.15, 0.2) is 71.4 Å². The number of ether oxygens (including phenoxy) is 10. The third-order valence-electron chi connectivity index (χ3n) is 16.1. The molecule has 8 aliphatic rings. The normalized spacial score (nSPS) is 49.0. The van der Waals surface area contributed by atoms with Crippen molar-refractivity contribution in [2.24, 2.45) is 23.7 Å². The van der Waals surface area contributed by atoms with Crippen LogP contribution in [0.5, 0.6) is 0 Å². The summed E-state index contributed by atoms with van der Waals surface area (Å²) in [7, 11) is 3.44. The van der Waals surface area contributed by atoms with E-state index >= 15 is 0 Å². The average Bonchev–Trinajstić information content (AvgIpc) is 3.64. The molecule has 14 heteroatoms. The van der Waals surface area contributed by atoms with Crippen molar-refractivity contribution < 1.29 is 62.4 Å². The van der Waals surface area contributed by atoms with Crippen molar-refractivity contribution in [1.29, 1.82) is 0 Å². The fourth-order valence-corrected chi connectivity index (χ4v) is 11.9. The Morgan fingerprint density at radius 3 is 2.45 bits per heavy atom. The molecule has 2 spiro atoms. The zero-order valence-electron chi connectivity index (χ0n) is 40.8. The lowest BCUT2D eigenvalue weighted by Crippen LogP contribution is -2.68.